The maximum atomic E-state index is 12.5. The van der Waals surface area contributed by atoms with Gasteiger partial charge in [0.05, 0.1) is 31.1 Å². The second-order valence-corrected chi connectivity index (χ2v) is 7.65. The van der Waals surface area contributed by atoms with Gasteiger partial charge in [-0.25, -0.2) is 4.98 Å². The van der Waals surface area contributed by atoms with Crippen LogP contribution < -0.4 is 21.2 Å². The van der Waals surface area contributed by atoms with Gasteiger partial charge < -0.3 is 28.8 Å². The van der Waals surface area contributed by atoms with Crippen LogP contribution in [0.25, 0.3) is 0 Å². The minimum Gasteiger partial charge on any atom is -0.410 e. The normalized spacial score (nSPS) is 17.6. The molecule has 0 amide bonds. The zero-order valence-electron chi connectivity index (χ0n) is 17.7. The number of pyridine rings is 2. The van der Waals surface area contributed by atoms with Gasteiger partial charge in [-0.1, -0.05) is 0 Å². The van der Waals surface area contributed by atoms with Crippen LogP contribution in [-0.2, 0) is 21.1 Å². The molecule has 10 heteroatoms. The van der Waals surface area contributed by atoms with Crippen molar-refractivity contribution in [3.63, 3.8) is 0 Å². The van der Waals surface area contributed by atoms with Gasteiger partial charge in [-0.05, 0) is 18.2 Å². The summed E-state index contributed by atoms with van der Waals surface area (Å²) in [5, 5.41) is 3.13. The average molecular weight is 413 g/mol. The van der Waals surface area contributed by atoms with Gasteiger partial charge in [0.25, 0.3) is 5.56 Å². The second kappa shape index (κ2) is 9.17. The molecule has 0 radical (unpaired) electrons. The molecule has 1 N–H and O–H groups in total. The Labute approximate surface area is 176 Å². The first kappa shape index (κ1) is 20.9. The highest BCUT2D eigenvalue weighted by atomic mass is 16.6. The maximum absolute atomic E-state index is 12.5. The van der Waals surface area contributed by atoms with Crippen LogP contribution in [-0.4, -0.2) is 81.2 Å². The summed E-state index contributed by atoms with van der Waals surface area (Å²) in [6.07, 6.45) is 3.56. The number of anilines is 3. The Kier molecular flexibility index (Phi) is 6.38. The van der Waals surface area contributed by atoms with Crippen LogP contribution >= 0.6 is 0 Å². The van der Waals surface area contributed by atoms with Gasteiger partial charge in [-0.2, -0.15) is 0 Å². The first-order valence-electron chi connectivity index (χ1n) is 10.1. The molecule has 160 valence electrons. The van der Waals surface area contributed by atoms with Crippen LogP contribution in [0.4, 0.5) is 17.2 Å². The summed E-state index contributed by atoms with van der Waals surface area (Å²) in [4.78, 5) is 21.9. The van der Waals surface area contributed by atoms with Crippen molar-refractivity contribution in [2.24, 2.45) is 7.05 Å². The molecule has 2 aromatic heterocycles. The van der Waals surface area contributed by atoms with E-state index in [1.807, 2.05) is 18.3 Å². The summed E-state index contributed by atoms with van der Waals surface area (Å²) in [5.41, 5.74) is 2.11. The smallest absolute Gasteiger partial charge is 0.410 e. The van der Waals surface area contributed by atoms with Gasteiger partial charge in [0.1, 0.15) is 11.5 Å². The molecule has 9 nitrogen and oxygen atoms in total. The van der Waals surface area contributed by atoms with Crippen LogP contribution in [0, 0.1) is 0 Å². The minimum absolute atomic E-state index is 0.147. The van der Waals surface area contributed by atoms with E-state index in [2.05, 4.69) is 20.1 Å². The lowest BCUT2D eigenvalue weighted by Crippen LogP contribution is -2.56. The molecule has 0 atom stereocenters. The quantitative estimate of drug-likeness (QED) is 0.638. The Balaban J connectivity index is 1.43. The average Bonchev–Trinajstić information content (AvgIpc) is 2.72. The standard InChI is InChI=1S/C20H28BN5O4/c1-24-12-15(21(28-2)29-3)10-18(20(24)27)23-19-5-4-16(11-22-19)25-6-8-26(9-7-25)17-13-30-14-17/h4-5,10-12,17H,6-9,13-14H2,1-3H3,(H,22,23). The highest BCUT2D eigenvalue weighted by Crippen LogP contribution is 2.20. The number of ether oxygens (including phenoxy) is 1. The van der Waals surface area contributed by atoms with E-state index in [-0.39, 0.29) is 5.56 Å². The lowest BCUT2D eigenvalue weighted by atomic mass is 9.80. The fraction of sp³-hybridized carbons (Fsp3) is 0.500. The number of piperazine rings is 1. The summed E-state index contributed by atoms with van der Waals surface area (Å²) >= 11 is 0. The van der Waals surface area contributed by atoms with E-state index in [4.69, 9.17) is 14.0 Å². The van der Waals surface area contributed by atoms with Gasteiger partial charge >= 0.3 is 7.12 Å². The molecule has 4 heterocycles. The van der Waals surface area contributed by atoms with Crippen LogP contribution in [0.3, 0.4) is 0 Å². The topological polar surface area (TPSA) is 81.1 Å². The number of aromatic nitrogens is 2. The third-order valence-corrected chi connectivity index (χ3v) is 5.73. The summed E-state index contributed by atoms with van der Waals surface area (Å²) < 4.78 is 17.4. The number of rotatable bonds is 7. The van der Waals surface area contributed by atoms with E-state index >= 15 is 0 Å². The first-order valence-corrected chi connectivity index (χ1v) is 10.1. The molecule has 0 saturated carbocycles. The fourth-order valence-electron chi connectivity index (χ4n) is 3.89. The Bertz CT molecular complexity index is 906. The van der Waals surface area contributed by atoms with Crippen molar-refractivity contribution < 1.29 is 14.0 Å². The van der Waals surface area contributed by atoms with Crippen LogP contribution in [0.2, 0.25) is 0 Å². The van der Waals surface area contributed by atoms with Gasteiger partial charge in [0.15, 0.2) is 0 Å². The molecule has 0 aliphatic carbocycles. The molecular weight excluding hydrogens is 385 g/mol. The van der Waals surface area contributed by atoms with Crippen molar-refractivity contribution in [2.45, 2.75) is 6.04 Å². The number of aryl methyl sites for hydroxylation is 1. The predicted octanol–water partition coefficient (Wildman–Crippen LogP) is 0.0327. The van der Waals surface area contributed by atoms with Crippen LogP contribution in [0.5, 0.6) is 0 Å². The van der Waals surface area contributed by atoms with Crippen molar-refractivity contribution in [1.82, 2.24) is 14.5 Å². The van der Waals surface area contributed by atoms with Crippen molar-refractivity contribution in [3.8, 4) is 0 Å². The van der Waals surface area contributed by atoms with E-state index in [1.54, 1.807) is 33.5 Å². The molecule has 2 aliphatic heterocycles. The molecule has 4 rings (SSSR count). The van der Waals surface area contributed by atoms with Crippen LogP contribution in [0.15, 0.2) is 35.4 Å². The predicted molar refractivity (Wildman–Crippen MR) is 117 cm³/mol. The van der Waals surface area contributed by atoms with Gasteiger partial charge in [-0.15, -0.1) is 0 Å². The lowest BCUT2D eigenvalue weighted by molar-refractivity contribution is -0.0660. The minimum atomic E-state index is -0.544. The number of hydrogen-bond donors (Lipinski definition) is 1. The molecule has 2 saturated heterocycles. The molecule has 0 spiro atoms. The summed E-state index contributed by atoms with van der Waals surface area (Å²) in [6, 6.07) is 6.27. The third-order valence-electron chi connectivity index (χ3n) is 5.73. The number of nitrogens with one attached hydrogen (secondary N) is 1. The summed E-state index contributed by atoms with van der Waals surface area (Å²) in [6.45, 7) is 5.75. The zero-order chi connectivity index (χ0) is 21.1. The van der Waals surface area contributed by atoms with Crippen LogP contribution in [0.1, 0.15) is 0 Å². The molecule has 0 bridgehead atoms. The molecule has 0 unspecified atom stereocenters. The van der Waals surface area contributed by atoms with E-state index in [9.17, 15) is 4.79 Å². The van der Waals surface area contributed by atoms with E-state index in [1.165, 1.54) is 4.57 Å². The van der Waals surface area contributed by atoms with Gasteiger partial charge in [0, 0.05) is 59.1 Å². The van der Waals surface area contributed by atoms with Crippen molar-refractivity contribution in [3.05, 3.63) is 40.9 Å². The lowest BCUT2D eigenvalue weighted by Gasteiger charge is -2.43. The summed E-state index contributed by atoms with van der Waals surface area (Å²) in [7, 11) is 4.28. The number of nitrogens with zero attached hydrogens (tertiary/aromatic N) is 4. The highest BCUT2D eigenvalue weighted by molar-refractivity contribution is 6.61. The van der Waals surface area contributed by atoms with Crippen molar-refractivity contribution in [2.75, 3.05) is 63.8 Å². The Morgan fingerprint density at radius 1 is 1.17 bits per heavy atom. The largest absolute Gasteiger partial charge is 0.495 e. The molecule has 2 aliphatic rings. The van der Waals surface area contributed by atoms with Crippen molar-refractivity contribution >= 4 is 29.8 Å². The maximum Gasteiger partial charge on any atom is 0.495 e. The van der Waals surface area contributed by atoms with Gasteiger partial charge in [-0.3, -0.25) is 9.69 Å². The SMILES string of the molecule is COB(OC)c1cc(Nc2ccc(N3CCN(C4COC4)CC3)cn2)c(=O)n(C)c1. The zero-order valence-corrected chi connectivity index (χ0v) is 17.7. The number of hydrogen-bond acceptors (Lipinski definition) is 8. The van der Waals surface area contributed by atoms with Gasteiger partial charge in [0.2, 0.25) is 0 Å². The Hall–Kier alpha value is -2.40. The first-order chi connectivity index (χ1) is 14.6. The Morgan fingerprint density at radius 2 is 1.90 bits per heavy atom. The molecular formula is C20H28BN5O4. The summed E-state index contributed by atoms with van der Waals surface area (Å²) in [5.74, 6) is 0.615. The molecule has 0 aromatic carbocycles. The molecule has 2 fully saturated rings. The monoisotopic (exact) mass is 413 g/mol. The highest BCUT2D eigenvalue weighted by Gasteiger charge is 2.29. The molecule has 30 heavy (non-hydrogen) atoms. The second-order valence-electron chi connectivity index (χ2n) is 7.65. The van der Waals surface area contributed by atoms with E-state index in [0.717, 1.165) is 50.5 Å². The Morgan fingerprint density at radius 3 is 2.47 bits per heavy atom. The third kappa shape index (κ3) is 4.36. The molecule has 2 aromatic rings. The van der Waals surface area contributed by atoms with Crippen molar-refractivity contribution in [1.29, 1.82) is 0 Å². The van der Waals surface area contributed by atoms with E-state index in [0.29, 0.717) is 17.5 Å². The fourth-order valence-corrected chi connectivity index (χ4v) is 3.89. The van der Waals surface area contributed by atoms with E-state index < -0.39 is 7.12 Å².